The van der Waals surface area contributed by atoms with E-state index >= 15 is 0 Å². The van der Waals surface area contributed by atoms with Gasteiger partial charge in [-0.05, 0) is 56.5 Å². The van der Waals surface area contributed by atoms with E-state index in [9.17, 15) is 9.59 Å². The monoisotopic (exact) mass is 387 g/mol. The Bertz CT molecular complexity index is 1040. The van der Waals surface area contributed by atoms with Crippen LogP contribution in [0.1, 0.15) is 44.3 Å². The zero-order chi connectivity index (χ0) is 21.0. The number of carbonyl (C=O) groups is 2. The maximum absolute atomic E-state index is 13.1. The van der Waals surface area contributed by atoms with E-state index in [0.29, 0.717) is 16.8 Å². The van der Waals surface area contributed by atoms with E-state index in [-0.39, 0.29) is 5.91 Å². The number of carbonyl (C=O) groups excluding carboxylic acids is 2. The van der Waals surface area contributed by atoms with Gasteiger partial charge in [0.1, 0.15) is 0 Å². The number of rotatable bonds is 5. The van der Waals surface area contributed by atoms with Gasteiger partial charge in [-0.15, -0.1) is 0 Å². The van der Waals surface area contributed by atoms with Crippen LogP contribution in [0.5, 0.6) is 0 Å². The average Bonchev–Trinajstić information content (AvgIpc) is 2.71. The molecule has 1 N–H and O–H groups in total. The molecule has 3 aromatic rings. The average molecular weight is 387 g/mol. The molecule has 3 aromatic carbocycles. The molecule has 1 amide bonds. The Morgan fingerprint density at radius 3 is 2.10 bits per heavy atom. The zero-order valence-corrected chi connectivity index (χ0v) is 17.2. The van der Waals surface area contributed by atoms with Crippen molar-refractivity contribution < 1.29 is 14.3 Å². The van der Waals surface area contributed by atoms with Gasteiger partial charge in [0.2, 0.25) is 6.10 Å². The molecule has 0 aromatic heterocycles. The molecule has 4 heteroatoms. The van der Waals surface area contributed by atoms with Crippen molar-refractivity contribution in [2.45, 2.75) is 33.8 Å². The Labute approximate surface area is 171 Å². The van der Waals surface area contributed by atoms with E-state index in [2.05, 4.69) is 5.32 Å². The Kier molecular flexibility index (Phi) is 6.13. The number of nitrogens with one attached hydrogen (secondary N) is 1. The summed E-state index contributed by atoms with van der Waals surface area (Å²) in [5.41, 5.74) is 5.53. The van der Waals surface area contributed by atoms with E-state index < -0.39 is 12.1 Å². The summed E-state index contributed by atoms with van der Waals surface area (Å²) in [7, 11) is 0. The number of hydrogen-bond acceptors (Lipinski definition) is 3. The van der Waals surface area contributed by atoms with Gasteiger partial charge in [0.15, 0.2) is 0 Å². The molecular formula is C25H25NO3. The molecular weight excluding hydrogens is 362 g/mol. The van der Waals surface area contributed by atoms with Crippen LogP contribution in [0.15, 0.2) is 66.7 Å². The summed E-state index contributed by atoms with van der Waals surface area (Å²) in [5.74, 6) is -0.903. The van der Waals surface area contributed by atoms with Crippen LogP contribution in [0, 0.1) is 27.7 Å². The molecule has 148 valence electrons. The van der Waals surface area contributed by atoms with E-state index in [4.69, 9.17) is 4.74 Å². The van der Waals surface area contributed by atoms with Crippen LogP contribution in [0.4, 0.5) is 5.69 Å². The first-order valence-corrected chi connectivity index (χ1v) is 9.56. The van der Waals surface area contributed by atoms with Crippen LogP contribution < -0.4 is 5.32 Å². The molecule has 0 saturated carbocycles. The fourth-order valence-corrected chi connectivity index (χ4v) is 3.10. The molecule has 3 rings (SSSR count). The Morgan fingerprint density at radius 2 is 1.41 bits per heavy atom. The SMILES string of the molecule is Cc1ccc(C)c(NC(=O)[C@H](OC(=O)c2cc(C)ccc2C)c2ccccc2)c1. The van der Waals surface area contributed by atoms with Crippen LogP contribution >= 0.6 is 0 Å². The normalized spacial score (nSPS) is 11.6. The number of ether oxygens (including phenoxy) is 1. The number of esters is 1. The lowest BCUT2D eigenvalue weighted by Crippen LogP contribution is -2.26. The highest BCUT2D eigenvalue weighted by atomic mass is 16.5. The first kappa shape index (κ1) is 20.3. The minimum Gasteiger partial charge on any atom is -0.444 e. The topological polar surface area (TPSA) is 55.4 Å². The maximum Gasteiger partial charge on any atom is 0.339 e. The lowest BCUT2D eigenvalue weighted by molar-refractivity contribution is -0.125. The van der Waals surface area contributed by atoms with Gasteiger partial charge in [0, 0.05) is 11.3 Å². The number of amides is 1. The maximum atomic E-state index is 13.1. The predicted octanol–water partition coefficient (Wildman–Crippen LogP) is 5.46. The van der Waals surface area contributed by atoms with Crippen molar-refractivity contribution in [1.29, 1.82) is 0 Å². The van der Waals surface area contributed by atoms with Gasteiger partial charge in [-0.1, -0.05) is 60.2 Å². The summed E-state index contributed by atoms with van der Waals surface area (Å²) in [4.78, 5) is 26.0. The first-order chi connectivity index (χ1) is 13.8. The molecule has 0 aliphatic carbocycles. The van der Waals surface area contributed by atoms with Crippen LogP contribution in [-0.4, -0.2) is 11.9 Å². The summed E-state index contributed by atoms with van der Waals surface area (Å²) >= 11 is 0. The highest BCUT2D eigenvalue weighted by Crippen LogP contribution is 2.24. The van der Waals surface area contributed by atoms with E-state index in [1.54, 1.807) is 18.2 Å². The minimum atomic E-state index is -1.05. The summed E-state index contributed by atoms with van der Waals surface area (Å²) in [6.07, 6.45) is -1.05. The molecule has 0 aliphatic rings. The summed E-state index contributed by atoms with van der Waals surface area (Å²) in [5, 5.41) is 2.92. The second-order valence-corrected chi connectivity index (χ2v) is 7.32. The molecule has 1 atom stereocenters. The highest BCUT2D eigenvalue weighted by Gasteiger charge is 2.26. The molecule has 0 fully saturated rings. The Hall–Kier alpha value is -3.40. The third-order valence-corrected chi connectivity index (χ3v) is 4.83. The number of benzene rings is 3. The van der Waals surface area contributed by atoms with Crippen molar-refractivity contribution in [3.63, 3.8) is 0 Å². The Balaban J connectivity index is 1.91. The Morgan fingerprint density at radius 1 is 0.793 bits per heavy atom. The first-order valence-electron chi connectivity index (χ1n) is 9.56. The lowest BCUT2D eigenvalue weighted by Gasteiger charge is -2.19. The van der Waals surface area contributed by atoms with Crippen LogP contribution in [0.25, 0.3) is 0 Å². The summed E-state index contributed by atoms with van der Waals surface area (Å²) in [6.45, 7) is 7.65. The summed E-state index contributed by atoms with van der Waals surface area (Å²) < 4.78 is 5.71. The molecule has 0 heterocycles. The third kappa shape index (κ3) is 4.91. The van der Waals surface area contributed by atoms with Gasteiger partial charge in [-0.3, -0.25) is 4.79 Å². The van der Waals surface area contributed by atoms with Crippen molar-refractivity contribution in [1.82, 2.24) is 0 Å². The van der Waals surface area contributed by atoms with E-state index in [0.717, 1.165) is 22.3 Å². The molecule has 29 heavy (non-hydrogen) atoms. The van der Waals surface area contributed by atoms with Crippen LogP contribution in [-0.2, 0) is 9.53 Å². The zero-order valence-electron chi connectivity index (χ0n) is 17.2. The third-order valence-electron chi connectivity index (χ3n) is 4.83. The van der Waals surface area contributed by atoms with Crippen molar-refractivity contribution >= 4 is 17.6 Å². The fraction of sp³-hybridized carbons (Fsp3) is 0.200. The standard InChI is InChI=1S/C25H25NO3/c1-16-10-12-18(3)21(14-16)25(28)29-23(20-8-6-5-7-9-20)24(27)26-22-15-17(2)11-13-19(22)4/h5-15,23H,1-4H3,(H,26,27)/t23-/m1/s1. The van der Waals surface area contributed by atoms with E-state index in [1.165, 1.54) is 0 Å². The van der Waals surface area contributed by atoms with Crippen LogP contribution in [0.3, 0.4) is 0 Å². The quantitative estimate of drug-likeness (QED) is 0.592. The van der Waals surface area contributed by atoms with Gasteiger partial charge in [-0.2, -0.15) is 0 Å². The van der Waals surface area contributed by atoms with Gasteiger partial charge in [0.25, 0.3) is 5.91 Å². The van der Waals surface area contributed by atoms with Crippen molar-refractivity contribution in [2.24, 2.45) is 0 Å². The van der Waals surface area contributed by atoms with E-state index in [1.807, 2.05) is 76.2 Å². The molecule has 0 saturated heterocycles. The molecule has 0 spiro atoms. The molecule has 4 nitrogen and oxygen atoms in total. The van der Waals surface area contributed by atoms with Gasteiger partial charge >= 0.3 is 5.97 Å². The van der Waals surface area contributed by atoms with Gasteiger partial charge in [-0.25, -0.2) is 4.79 Å². The van der Waals surface area contributed by atoms with Gasteiger partial charge < -0.3 is 10.1 Å². The molecule has 0 aliphatic heterocycles. The summed E-state index contributed by atoms with van der Waals surface area (Å²) in [6, 6.07) is 20.5. The smallest absolute Gasteiger partial charge is 0.339 e. The predicted molar refractivity (Wildman–Crippen MR) is 115 cm³/mol. The second kappa shape index (κ2) is 8.74. The van der Waals surface area contributed by atoms with Crippen molar-refractivity contribution in [3.05, 3.63) is 100 Å². The molecule has 0 unspecified atom stereocenters. The number of aryl methyl sites for hydroxylation is 4. The number of hydrogen-bond donors (Lipinski definition) is 1. The van der Waals surface area contributed by atoms with Crippen molar-refractivity contribution in [3.8, 4) is 0 Å². The van der Waals surface area contributed by atoms with Crippen LogP contribution in [0.2, 0.25) is 0 Å². The molecule has 0 bridgehead atoms. The fourth-order valence-electron chi connectivity index (χ4n) is 3.10. The van der Waals surface area contributed by atoms with Gasteiger partial charge in [0.05, 0.1) is 5.56 Å². The largest absolute Gasteiger partial charge is 0.444 e. The minimum absolute atomic E-state index is 0.386. The highest BCUT2D eigenvalue weighted by molar-refractivity contribution is 5.99. The number of anilines is 1. The van der Waals surface area contributed by atoms with Crippen molar-refractivity contribution in [2.75, 3.05) is 5.32 Å². The lowest BCUT2D eigenvalue weighted by atomic mass is 10.0. The second-order valence-electron chi connectivity index (χ2n) is 7.32. The molecule has 0 radical (unpaired) electrons.